The summed E-state index contributed by atoms with van der Waals surface area (Å²) < 4.78 is 40.5. The molecule has 0 radical (unpaired) electrons. The van der Waals surface area contributed by atoms with Gasteiger partial charge in [-0.05, 0) is 48.0 Å². The number of primary amides is 1. The molecule has 4 N–H and O–H groups in total. The number of hydrogen-bond donors (Lipinski definition) is 3. The van der Waals surface area contributed by atoms with Crippen LogP contribution in [0.2, 0.25) is 5.02 Å². The molecular formula is C21H15ClF2N4O5. The first kappa shape index (κ1) is 22.1. The summed E-state index contributed by atoms with van der Waals surface area (Å²) in [5.41, 5.74) is 6.56. The van der Waals surface area contributed by atoms with Crippen molar-refractivity contribution >= 4 is 34.9 Å². The highest BCUT2D eigenvalue weighted by molar-refractivity contribution is 6.32. The van der Waals surface area contributed by atoms with E-state index in [1.807, 2.05) is 0 Å². The Morgan fingerprint density at radius 3 is 2.45 bits per heavy atom. The second kappa shape index (κ2) is 8.79. The number of amides is 3. The molecule has 0 unspecified atom stereocenters. The van der Waals surface area contributed by atoms with Gasteiger partial charge in [0.15, 0.2) is 11.5 Å². The zero-order valence-corrected chi connectivity index (χ0v) is 17.4. The normalized spacial score (nSPS) is 13.3. The summed E-state index contributed by atoms with van der Waals surface area (Å²) in [5, 5.41) is 5.28. The predicted molar refractivity (Wildman–Crippen MR) is 114 cm³/mol. The average Bonchev–Trinajstić information content (AvgIpc) is 3.06. The molecule has 2 heterocycles. The summed E-state index contributed by atoms with van der Waals surface area (Å²) in [4.78, 5) is 27.3. The van der Waals surface area contributed by atoms with Gasteiger partial charge in [0.05, 0.1) is 5.02 Å². The second-order valence-electron chi connectivity index (χ2n) is 6.76. The van der Waals surface area contributed by atoms with E-state index in [0.29, 0.717) is 17.0 Å². The number of nitrogens with two attached hydrogens (primary N) is 1. The molecule has 3 amide bonds. The third-order valence-corrected chi connectivity index (χ3v) is 4.62. The van der Waals surface area contributed by atoms with Crippen molar-refractivity contribution in [1.82, 2.24) is 4.98 Å². The molecule has 0 aliphatic carbocycles. The van der Waals surface area contributed by atoms with Crippen molar-refractivity contribution in [3.05, 3.63) is 71.0 Å². The fourth-order valence-corrected chi connectivity index (χ4v) is 3.11. The van der Waals surface area contributed by atoms with Crippen LogP contribution < -0.4 is 30.6 Å². The number of urea groups is 1. The Hall–Kier alpha value is -4.12. The van der Waals surface area contributed by atoms with Crippen molar-refractivity contribution in [2.75, 3.05) is 10.6 Å². The quantitative estimate of drug-likeness (QED) is 0.485. The number of benzene rings is 2. The highest BCUT2D eigenvalue weighted by Gasteiger charge is 2.43. The standard InChI is InChI=1S/C21H15ClF2N4O5/c22-14-8-12(1-3-16(14)31-10-11-5-6-26-15(7-11)19(25)29)27-20(30)28-13-2-4-17-18(9-13)33-21(23,24)32-17/h1-9H,10H2,(H2,25,29)(H2,27,28,30). The van der Waals surface area contributed by atoms with E-state index in [0.717, 1.165) is 0 Å². The number of carbonyl (C=O) groups excluding carboxylic acids is 2. The first-order valence-electron chi connectivity index (χ1n) is 9.33. The number of alkyl halides is 2. The van der Waals surface area contributed by atoms with Gasteiger partial charge in [-0.1, -0.05) is 11.6 Å². The Balaban J connectivity index is 1.35. The highest BCUT2D eigenvalue weighted by Crippen LogP contribution is 2.42. The molecular weight excluding hydrogens is 462 g/mol. The Bertz CT molecular complexity index is 1240. The fourth-order valence-electron chi connectivity index (χ4n) is 2.88. The number of hydrogen-bond acceptors (Lipinski definition) is 6. The van der Waals surface area contributed by atoms with E-state index < -0.39 is 18.2 Å². The molecule has 4 rings (SSSR count). The van der Waals surface area contributed by atoms with Crippen LogP contribution >= 0.6 is 11.6 Å². The number of rotatable bonds is 6. The number of carbonyl (C=O) groups is 2. The van der Waals surface area contributed by atoms with Gasteiger partial charge in [-0.3, -0.25) is 9.78 Å². The van der Waals surface area contributed by atoms with Gasteiger partial charge in [-0.25, -0.2) is 4.79 Å². The maximum absolute atomic E-state index is 13.1. The zero-order valence-electron chi connectivity index (χ0n) is 16.6. The number of pyridine rings is 1. The first-order chi connectivity index (χ1) is 15.7. The summed E-state index contributed by atoms with van der Waals surface area (Å²) in [6.45, 7) is 0.110. The molecule has 0 fully saturated rings. The predicted octanol–water partition coefficient (Wildman–Crippen LogP) is 4.38. The third kappa shape index (κ3) is 5.39. The van der Waals surface area contributed by atoms with Gasteiger partial charge >= 0.3 is 12.3 Å². The summed E-state index contributed by atoms with van der Waals surface area (Å²) in [6, 6.07) is 11.0. The summed E-state index contributed by atoms with van der Waals surface area (Å²) in [7, 11) is 0. The average molecular weight is 477 g/mol. The van der Waals surface area contributed by atoms with Crippen molar-refractivity contribution in [1.29, 1.82) is 0 Å². The second-order valence-corrected chi connectivity index (χ2v) is 7.16. The minimum atomic E-state index is -3.74. The fraction of sp³-hybridized carbons (Fsp3) is 0.0952. The monoisotopic (exact) mass is 476 g/mol. The van der Waals surface area contributed by atoms with E-state index in [1.165, 1.54) is 36.5 Å². The van der Waals surface area contributed by atoms with Crippen LogP contribution in [0.4, 0.5) is 25.0 Å². The number of nitrogens with one attached hydrogen (secondary N) is 2. The smallest absolute Gasteiger partial charge is 0.487 e. The van der Waals surface area contributed by atoms with Crippen LogP contribution in [0.5, 0.6) is 17.2 Å². The Morgan fingerprint density at radius 1 is 1.03 bits per heavy atom. The van der Waals surface area contributed by atoms with E-state index >= 15 is 0 Å². The van der Waals surface area contributed by atoms with Gasteiger partial charge in [0.2, 0.25) is 0 Å². The van der Waals surface area contributed by atoms with Crippen LogP contribution in [-0.4, -0.2) is 23.2 Å². The Kier molecular flexibility index (Phi) is 5.88. The number of anilines is 2. The molecule has 1 aliphatic rings. The van der Waals surface area contributed by atoms with Crippen LogP contribution in [0, 0.1) is 0 Å². The summed E-state index contributed by atoms with van der Waals surface area (Å²) in [6.07, 6.45) is -2.30. The van der Waals surface area contributed by atoms with Crippen molar-refractivity contribution in [3.63, 3.8) is 0 Å². The topological polar surface area (TPSA) is 125 Å². The molecule has 0 spiro atoms. The lowest BCUT2D eigenvalue weighted by atomic mass is 10.2. The lowest BCUT2D eigenvalue weighted by molar-refractivity contribution is -0.286. The Labute approximate surface area is 190 Å². The van der Waals surface area contributed by atoms with Crippen LogP contribution in [0.15, 0.2) is 54.7 Å². The molecule has 0 saturated heterocycles. The first-order valence-corrected chi connectivity index (χ1v) is 9.71. The minimum absolute atomic E-state index is 0.110. The maximum atomic E-state index is 13.1. The van der Waals surface area contributed by atoms with Gasteiger partial charge in [-0.15, -0.1) is 8.78 Å². The van der Waals surface area contributed by atoms with Gasteiger partial charge in [-0.2, -0.15) is 0 Å². The molecule has 1 aromatic heterocycles. The van der Waals surface area contributed by atoms with E-state index in [4.69, 9.17) is 22.1 Å². The van der Waals surface area contributed by atoms with Crippen LogP contribution in [0.1, 0.15) is 16.1 Å². The van der Waals surface area contributed by atoms with Crippen molar-refractivity contribution in [2.45, 2.75) is 12.9 Å². The summed E-state index contributed by atoms with van der Waals surface area (Å²) in [5.74, 6) is -0.635. The molecule has 33 heavy (non-hydrogen) atoms. The number of aromatic nitrogens is 1. The minimum Gasteiger partial charge on any atom is -0.487 e. The number of nitrogens with zero attached hydrogens (tertiary/aromatic N) is 1. The van der Waals surface area contributed by atoms with E-state index in [1.54, 1.807) is 18.2 Å². The molecule has 0 bridgehead atoms. The SMILES string of the molecule is NC(=O)c1cc(COc2ccc(NC(=O)Nc3ccc4c(c3)OC(F)(F)O4)cc2Cl)ccn1. The summed E-state index contributed by atoms with van der Waals surface area (Å²) >= 11 is 6.23. The largest absolute Gasteiger partial charge is 0.586 e. The van der Waals surface area contributed by atoms with Crippen LogP contribution in [0.25, 0.3) is 0 Å². The highest BCUT2D eigenvalue weighted by atomic mass is 35.5. The number of fused-ring (bicyclic) bond motifs is 1. The van der Waals surface area contributed by atoms with Crippen molar-refractivity contribution < 1.29 is 32.6 Å². The van der Waals surface area contributed by atoms with Crippen LogP contribution in [-0.2, 0) is 6.61 Å². The van der Waals surface area contributed by atoms with Gasteiger partial charge in [0.25, 0.3) is 5.91 Å². The molecule has 12 heteroatoms. The lowest BCUT2D eigenvalue weighted by Crippen LogP contribution is -2.25. The van der Waals surface area contributed by atoms with E-state index in [-0.39, 0.29) is 34.5 Å². The molecule has 3 aromatic rings. The van der Waals surface area contributed by atoms with E-state index in [2.05, 4.69) is 25.1 Å². The van der Waals surface area contributed by atoms with E-state index in [9.17, 15) is 18.4 Å². The molecule has 1 aliphatic heterocycles. The van der Waals surface area contributed by atoms with Crippen LogP contribution in [0.3, 0.4) is 0 Å². The number of halogens is 3. The third-order valence-electron chi connectivity index (χ3n) is 4.32. The molecule has 170 valence electrons. The zero-order chi connectivity index (χ0) is 23.6. The van der Waals surface area contributed by atoms with Gasteiger partial charge in [0.1, 0.15) is 18.1 Å². The molecule has 0 saturated carbocycles. The molecule has 2 aromatic carbocycles. The van der Waals surface area contributed by atoms with Gasteiger partial charge in [0, 0.05) is 23.6 Å². The number of ether oxygens (including phenoxy) is 3. The molecule has 0 atom stereocenters. The van der Waals surface area contributed by atoms with Crippen molar-refractivity contribution in [3.8, 4) is 17.2 Å². The van der Waals surface area contributed by atoms with Gasteiger partial charge < -0.3 is 30.6 Å². The van der Waals surface area contributed by atoms with Crippen molar-refractivity contribution in [2.24, 2.45) is 5.73 Å². The lowest BCUT2D eigenvalue weighted by Gasteiger charge is -2.11. The Morgan fingerprint density at radius 2 is 1.73 bits per heavy atom. The maximum Gasteiger partial charge on any atom is 0.586 e. The molecule has 9 nitrogen and oxygen atoms in total.